The molecule has 0 N–H and O–H groups in total. The first-order valence-corrected chi connectivity index (χ1v) is 17.2. The van der Waals surface area contributed by atoms with E-state index in [9.17, 15) is 0 Å². The van der Waals surface area contributed by atoms with Gasteiger partial charge in [0.2, 0.25) is 0 Å². The maximum atomic E-state index is 3.67. The molecule has 0 radical (unpaired) electrons. The van der Waals surface area contributed by atoms with Crippen LogP contribution in [-0.2, 0) is 47.9 Å². The van der Waals surface area contributed by atoms with Gasteiger partial charge < -0.3 is 24.8 Å². The number of hydrogen-bond acceptors (Lipinski definition) is 0. The monoisotopic (exact) mass is 702 g/mol. The van der Waals surface area contributed by atoms with Crippen LogP contribution in [0.15, 0.2) is 78.9 Å². The molecule has 0 atom stereocenters. The molecule has 3 aromatic carbocycles. The third kappa shape index (κ3) is 11.7. The SMILES string of the molecule is CC(C)(C)c1[c-]c2c(cc1)-c1ccc(C(C)(C)C)cc1C2.[C-]1=CC=CC1.[Cl-].[Cl-].[Zr+2]=[C](Cc1ccccc1)CC1CCCCC1. The first kappa shape index (κ1) is 38.7. The van der Waals surface area contributed by atoms with Gasteiger partial charge in [0.15, 0.2) is 0 Å². The van der Waals surface area contributed by atoms with Crippen LogP contribution in [0, 0.1) is 18.1 Å². The van der Waals surface area contributed by atoms with Gasteiger partial charge >= 0.3 is 114 Å². The van der Waals surface area contributed by atoms with E-state index in [4.69, 9.17) is 0 Å². The zero-order valence-corrected chi connectivity index (χ0v) is 31.7. The van der Waals surface area contributed by atoms with Crippen LogP contribution in [0.3, 0.4) is 0 Å². The molecule has 0 spiro atoms. The molecule has 0 aromatic heterocycles. The summed E-state index contributed by atoms with van der Waals surface area (Å²) in [6.45, 7) is 13.6. The van der Waals surface area contributed by atoms with E-state index in [0.717, 1.165) is 18.8 Å². The summed E-state index contributed by atoms with van der Waals surface area (Å²) < 4.78 is 1.75. The van der Waals surface area contributed by atoms with Gasteiger partial charge in [0.1, 0.15) is 0 Å². The summed E-state index contributed by atoms with van der Waals surface area (Å²) in [7, 11) is 0. The summed E-state index contributed by atoms with van der Waals surface area (Å²) in [5, 5.41) is 0. The molecule has 234 valence electrons. The van der Waals surface area contributed by atoms with Gasteiger partial charge in [-0.2, -0.15) is 29.8 Å². The molecule has 44 heavy (non-hydrogen) atoms. The van der Waals surface area contributed by atoms with Gasteiger partial charge in [0, 0.05) is 0 Å². The summed E-state index contributed by atoms with van der Waals surface area (Å²) in [5.74, 6) is 1.01. The minimum absolute atomic E-state index is 0. The number of hydrogen-bond donors (Lipinski definition) is 0. The molecule has 0 aliphatic heterocycles. The minimum atomic E-state index is 0. The predicted molar refractivity (Wildman–Crippen MR) is 179 cm³/mol. The molecule has 0 unspecified atom stereocenters. The Hall–Kier alpha value is -1.53. The van der Waals surface area contributed by atoms with Crippen LogP contribution in [0.1, 0.15) is 114 Å². The fourth-order valence-electron chi connectivity index (χ4n) is 6.02. The Balaban J connectivity index is 0.000000260. The van der Waals surface area contributed by atoms with Crippen molar-refractivity contribution in [2.24, 2.45) is 5.92 Å². The van der Waals surface area contributed by atoms with Crippen molar-refractivity contribution in [3.63, 3.8) is 0 Å². The molecule has 0 bridgehead atoms. The average molecular weight is 705 g/mol. The molecule has 0 heterocycles. The van der Waals surface area contributed by atoms with E-state index in [2.05, 4.69) is 120 Å². The molecular formula is C41H50Cl2Zr-2. The van der Waals surface area contributed by atoms with Crippen LogP contribution in [-0.4, -0.2) is 3.21 Å². The van der Waals surface area contributed by atoms with E-state index >= 15 is 0 Å². The van der Waals surface area contributed by atoms with Gasteiger partial charge in [-0.15, -0.1) is 17.5 Å². The van der Waals surface area contributed by atoms with Crippen LogP contribution in [0.2, 0.25) is 0 Å². The van der Waals surface area contributed by atoms with Gasteiger partial charge in [-0.1, -0.05) is 65.3 Å². The van der Waals surface area contributed by atoms with E-state index in [1.165, 1.54) is 83.9 Å². The van der Waals surface area contributed by atoms with Crippen molar-refractivity contribution in [1.29, 1.82) is 0 Å². The second-order valence-electron chi connectivity index (χ2n) is 14.3. The fraction of sp³-hybridized carbons (Fsp3) is 0.439. The van der Waals surface area contributed by atoms with Crippen LogP contribution < -0.4 is 24.8 Å². The molecule has 3 heteroatoms. The average Bonchev–Trinajstić information content (AvgIpc) is 3.65. The van der Waals surface area contributed by atoms with Gasteiger partial charge in [-0.25, -0.2) is 12.2 Å². The first-order valence-electron chi connectivity index (χ1n) is 16.0. The van der Waals surface area contributed by atoms with E-state index in [0.29, 0.717) is 0 Å². The third-order valence-electron chi connectivity index (χ3n) is 8.57. The van der Waals surface area contributed by atoms with Crippen LogP contribution in [0.25, 0.3) is 11.1 Å². The Morgan fingerprint density at radius 2 is 1.50 bits per heavy atom. The van der Waals surface area contributed by atoms with Gasteiger partial charge in [-0.3, -0.25) is 6.08 Å². The zero-order chi connectivity index (χ0) is 30.2. The van der Waals surface area contributed by atoms with E-state index in [1.807, 2.05) is 12.2 Å². The molecule has 0 amide bonds. The normalized spacial score (nSPS) is 15.0. The summed E-state index contributed by atoms with van der Waals surface area (Å²) in [6, 6.07) is 26.1. The van der Waals surface area contributed by atoms with Gasteiger partial charge in [-0.05, 0) is 28.4 Å². The second kappa shape index (κ2) is 18.0. The summed E-state index contributed by atoms with van der Waals surface area (Å²) in [6.07, 6.45) is 21.0. The van der Waals surface area contributed by atoms with Crippen LogP contribution in [0.5, 0.6) is 0 Å². The summed E-state index contributed by atoms with van der Waals surface area (Å²) >= 11 is 1.65. The second-order valence-corrected chi connectivity index (χ2v) is 16.0. The third-order valence-corrected chi connectivity index (χ3v) is 9.51. The van der Waals surface area contributed by atoms with Crippen molar-refractivity contribution in [2.75, 3.05) is 0 Å². The molecule has 3 aromatic rings. The standard InChI is InChI=1S/C21H25.C15H20.C5H5.2ClH.Zr/c1-20(2,3)16-7-9-18-14(12-16)11-15-13-17(21(4,5)6)8-10-19(15)18;1-3-8-14(9-4-1)12-7-13-15-10-5-2-6-11-15;1-2-4-5-3-1;;;/h7-10,12H,11H2,1-6H3;1,3-4,8-9,15H,2,5-6,10-13H2;1-3H,4H2;2*1H;/q-1;;-1;;;+2/p-2. The van der Waals surface area contributed by atoms with Gasteiger partial charge in [0.25, 0.3) is 0 Å². The Morgan fingerprint density at radius 1 is 0.818 bits per heavy atom. The van der Waals surface area contributed by atoms with Crippen molar-refractivity contribution in [1.82, 2.24) is 0 Å². The van der Waals surface area contributed by atoms with Crippen LogP contribution >= 0.6 is 0 Å². The Kier molecular flexibility index (Phi) is 15.8. The Labute approximate surface area is 296 Å². The van der Waals surface area contributed by atoms with Crippen molar-refractivity contribution in [2.45, 2.75) is 110 Å². The van der Waals surface area contributed by atoms with Crippen LogP contribution in [0.4, 0.5) is 0 Å². The molecule has 0 saturated heterocycles. The number of halogens is 2. The molecule has 0 nitrogen and oxygen atoms in total. The topological polar surface area (TPSA) is 0 Å². The summed E-state index contributed by atoms with van der Waals surface area (Å²) in [5.41, 5.74) is 10.2. The van der Waals surface area contributed by atoms with Crippen molar-refractivity contribution >= 4 is 3.21 Å². The Morgan fingerprint density at radius 3 is 2.07 bits per heavy atom. The first-order chi connectivity index (χ1) is 20.0. The van der Waals surface area contributed by atoms with Crippen molar-refractivity contribution in [3.05, 3.63) is 119 Å². The molecule has 6 rings (SSSR count). The molecule has 1 saturated carbocycles. The number of allylic oxidation sites excluding steroid dienone is 4. The quantitative estimate of drug-likeness (QED) is 0.266. The number of benzene rings is 3. The fourth-order valence-corrected chi connectivity index (χ4v) is 7.23. The van der Waals surface area contributed by atoms with Crippen molar-refractivity contribution in [3.8, 4) is 11.1 Å². The molecule has 1 fully saturated rings. The maximum absolute atomic E-state index is 3.67. The summed E-state index contributed by atoms with van der Waals surface area (Å²) in [4.78, 5) is 0. The van der Waals surface area contributed by atoms with Gasteiger partial charge in [0.05, 0.1) is 0 Å². The number of fused-ring (bicyclic) bond motifs is 3. The van der Waals surface area contributed by atoms with E-state index < -0.39 is 0 Å². The molecular weight excluding hydrogens is 655 g/mol. The zero-order valence-electron chi connectivity index (χ0n) is 27.7. The molecule has 3 aliphatic carbocycles. The van der Waals surface area contributed by atoms with E-state index in [1.54, 1.807) is 27.4 Å². The van der Waals surface area contributed by atoms with Crippen molar-refractivity contribution < 1.29 is 49.0 Å². The number of rotatable bonds is 4. The Bertz CT molecular complexity index is 1310. The molecule has 3 aliphatic rings. The van der Waals surface area contributed by atoms with E-state index in [-0.39, 0.29) is 35.6 Å². The predicted octanol–water partition coefficient (Wildman–Crippen LogP) is 4.89.